The molecule has 14 heteroatoms. The number of nitrogens with zero attached hydrogens (tertiary/aromatic N) is 7. The maximum absolute atomic E-state index is 13.5. The van der Waals surface area contributed by atoms with Crippen molar-refractivity contribution < 1.29 is 28.6 Å². The molecule has 1 aliphatic carbocycles. The molecule has 10 rings (SSSR count). The van der Waals surface area contributed by atoms with Gasteiger partial charge in [-0.2, -0.15) is 0 Å². The number of hydrogen-bond acceptors (Lipinski definition) is 9. The molecule has 428 valence electrons. The Morgan fingerprint density at radius 1 is 0.667 bits per heavy atom. The van der Waals surface area contributed by atoms with Gasteiger partial charge in [0.1, 0.15) is 17.2 Å². The molecule has 3 aliphatic rings. The highest BCUT2D eigenvalue weighted by atomic mass is 16.6. The van der Waals surface area contributed by atoms with Crippen molar-refractivity contribution in [1.29, 1.82) is 0 Å². The summed E-state index contributed by atoms with van der Waals surface area (Å²) in [6.07, 6.45) is 17.1. The summed E-state index contributed by atoms with van der Waals surface area (Å²) in [6, 6.07) is 37.1. The second kappa shape index (κ2) is 27.6. The normalized spacial score (nSPS) is 17.2. The average Bonchev–Trinajstić information content (AvgIpc) is 4.46. The fraction of sp³-hybridized carbons (Fsp3) is 0.448. The van der Waals surface area contributed by atoms with Gasteiger partial charge in [-0.3, -0.25) is 14.2 Å². The second-order valence-electron chi connectivity index (χ2n) is 23.4. The van der Waals surface area contributed by atoms with Crippen LogP contribution in [0.4, 0.5) is 4.79 Å². The minimum Gasteiger partial charge on any atom is -0.443 e. The molecule has 5 heterocycles. The average molecular weight is 1100 g/mol. The lowest BCUT2D eigenvalue weighted by Gasteiger charge is -2.33. The molecule has 0 spiro atoms. The Balaban J connectivity index is 0.000000198. The maximum Gasteiger partial charge on any atom is 0.418 e. The van der Waals surface area contributed by atoms with Gasteiger partial charge in [-0.25, -0.2) is 14.8 Å². The minimum atomic E-state index is -0.563. The summed E-state index contributed by atoms with van der Waals surface area (Å²) < 4.78 is 22.4. The van der Waals surface area contributed by atoms with Crippen LogP contribution in [0.15, 0.2) is 134 Å². The number of rotatable bonds is 20. The van der Waals surface area contributed by atoms with Crippen LogP contribution in [0, 0.1) is 5.92 Å². The summed E-state index contributed by atoms with van der Waals surface area (Å²) in [5.41, 5.74) is 16.9. The Kier molecular flexibility index (Phi) is 19.9. The Bertz CT molecular complexity index is 3270. The van der Waals surface area contributed by atoms with E-state index >= 15 is 0 Å². The zero-order valence-electron chi connectivity index (χ0n) is 48.6. The predicted octanol–water partition coefficient (Wildman–Crippen LogP) is 12.4. The van der Waals surface area contributed by atoms with Crippen LogP contribution in [0.25, 0.3) is 38.9 Å². The van der Waals surface area contributed by atoms with Gasteiger partial charge >= 0.3 is 6.09 Å². The molecule has 2 saturated heterocycles. The predicted molar refractivity (Wildman–Crippen MR) is 323 cm³/mol. The standard InChI is InChI=1S/C36H46N4O4.C31H38N4O2/c1-26(23-27-15-17-28(18-16-27)31-14-9-20-40(31)35(42)44-36(2,3)4)24-33(41)38-19-8-11-29(25-38)34-37-30-12-6-7-13-32(30)39(34)21-10-22-43-5;1-37-19-7-18-35-29-12-5-4-11-28(29)33-31(35)26-10-6-17-34(22-26)30(36)21-27(32)20-23-13-15-25(16-14-23)24-8-2-3-9-24/h6-7,9,12-18,20,26,29H,8,10-11,19,21-25H2,1-5H3;2-5,8,11-16,26-27H,6-7,9-10,17-22,32H2,1H3/t26-,29-;26-,27-/m11/s1. The number of aromatic nitrogens is 5. The van der Waals surface area contributed by atoms with Gasteiger partial charge < -0.3 is 38.9 Å². The quantitative estimate of drug-likeness (QED) is 0.0735. The first-order chi connectivity index (χ1) is 39.2. The molecule has 0 radical (unpaired) electrons. The van der Waals surface area contributed by atoms with E-state index < -0.39 is 11.7 Å². The van der Waals surface area contributed by atoms with E-state index in [-0.39, 0.29) is 35.6 Å². The summed E-state index contributed by atoms with van der Waals surface area (Å²) in [4.78, 5) is 53.5. The molecular weight excluding hydrogens is 1010 g/mol. The molecule has 81 heavy (non-hydrogen) atoms. The molecule has 0 bridgehead atoms. The highest BCUT2D eigenvalue weighted by Crippen LogP contribution is 2.33. The lowest BCUT2D eigenvalue weighted by molar-refractivity contribution is -0.133. The Morgan fingerprint density at radius 3 is 1.73 bits per heavy atom. The number of carbonyl (C=O) groups is 3. The summed E-state index contributed by atoms with van der Waals surface area (Å²) >= 11 is 0. The Labute approximate surface area is 479 Å². The minimum absolute atomic E-state index is 0.151. The topological polar surface area (TPSA) is 152 Å². The lowest BCUT2D eigenvalue weighted by atomic mass is 9.94. The molecular formula is C67H84N8O6. The van der Waals surface area contributed by atoms with Gasteiger partial charge in [-0.15, -0.1) is 0 Å². The highest BCUT2D eigenvalue weighted by molar-refractivity contribution is 5.80. The zero-order chi connectivity index (χ0) is 56.9. The van der Waals surface area contributed by atoms with E-state index in [0.29, 0.717) is 39.0 Å². The molecule has 3 aromatic heterocycles. The van der Waals surface area contributed by atoms with E-state index in [0.717, 1.165) is 129 Å². The van der Waals surface area contributed by atoms with Crippen molar-refractivity contribution in [3.05, 3.63) is 162 Å². The number of para-hydroxylation sites is 4. The van der Waals surface area contributed by atoms with Crippen molar-refractivity contribution in [1.82, 2.24) is 33.5 Å². The fourth-order valence-corrected chi connectivity index (χ4v) is 11.9. The van der Waals surface area contributed by atoms with Crippen LogP contribution < -0.4 is 5.73 Å². The first-order valence-electron chi connectivity index (χ1n) is 29.4. The van der Waals surface area contributed by atoms with Crippen LogP contribution in [0.2, 0.25) is 0 Å². The number of allylic oxidation sites excluding steroid dienone is 4. The first kappa shape index (κ1) is 58.5. The van der Waals surface area contributed by atoms with Crippen LogP contribution in [-0.4, -0.2) is 117 Å². The Morgan fingerprint density at radius 2 is 1.20 bits per heavy atom. The number of hydrogen-bond donors (Lipinski definition) is 1. The lowest BCUT2D eigenvalue weighted by Crippen LogP contribution is -2.42. The fourth-order valence-electron chi connectivity index (χ4n) is 11.9. The van der Waals surface area contributed by atoms with Crippen molar-refractivity contribution >= 4 is 45.5 Å². The van der Waals surface area contributed by atoms with Crippen molar-refractivity contribution in [2.24, 2.45) is 11.7 Å². The van der Waals surface area contributed by atoms with Gasteiger partial charge in [-0.05, 0) is 149 Å². The van der Waals surface area contributed by atoms with E-state index in [2.05, 4.69) is 112 Å². The second-order valence-corrected chi connectivity index (χ2v) is 23.4. The molecule has 4 aromatic carbocycles. The van der Waals surface area contributed by atoms with Crippen LogP contribution in [-0.2, 0) is 49.7 Å². The van der Waals surface area contributed by atoms with Crippen LogP contribution in [0.5, 0.6) is 0 Å². The molecule has 4 atom stereocenters. The van der Waals surface area contributed by atoms with Crippen molar-refractivity contribution in [2.75, 3.05) is 53.6 Å². The van der Waals surface area contributed by atoms with Crippen molar-refractivity contribution in [2.45, 2.75) is 135 Å². The number of piperidine rings is 2. The number of likely N-dealkylation sites (tertiary alicyclic amines) is 2. The van der Waals surface area contributed by atoms with E-state index in [9.17, 15) is 14.4 Å². The van der Waals surface area contributed by atoms with E-state index in [1.54, 1.807) is 25.0 Å². The van der Waals surface area contributed by atoms with E-state index in [1.165, 1.54) is 22.3 Å². The number of nitrogens with two attached hydrogens (primary N) is 1. The van der Waals surface area contributed by atoms with Crippen LogP contribution in [0.3, 0.4) is 0 Å². The highest BCUT2D eigenvalue weighted by Gasteiger charge is 2.31. The number of ether oxygens (including phenoxy) is 3. The number of carbonyl (C=O) groups excluding carboxylic acids is 3. The molecule has 2 aliphatic heterocycles. The SMILES string of the molecule is COCCCn1c([C@@H]2CCCN(C(=O)C[C@H](C)Cc3ccc(-c4cccn4C(=O)OC(C)(C)C)cc3)C2)nc2ccccc21.COCCCn1c([C@@H]2CCCN(C(=O)C[C@H](N)Cc3ccc(C4=CC=CC4)cc3)C2)nc2ccccc21. The zero-order valence-corrected chi connectivity index (χ0v) is 48.6. The van der Waals surface area contributed by atoms with E-state index in [4.69, 9.17) is 29.9 Å². The Hall–Kier alpha value is -7.13. The summed E-state index contributed by atoms with van der Waals surface area (Å²) in [7, 11) is 3.48. The maximum atomic E-state index is 13.5. The number of aryl methyl sites for hydroxylation is 2. The monoisotopic (exact) mass is 1100 g/mol. The van der Waals surface area contributed by atoms with Crippen molar-refractivity contribution in [3.63, 3.8) is 0 Å². The number of methoxy groups -OCH3 is 2. The largest absolute Gasteiger partial charge is 0.443 e. The molecule has 0 saturated carbocycles. The van der Waals surface area contributed by atoms with Crippen LogP contribution >= 0.6 is 0 Å². The smallest absolute Gasteiger partial charge is 0.418 e. The van der Waals surface area contributed by atoms with Gasteiger partial charge in [0.05, 0.1) is 27.8 Å². The third-order valence-corrected chi connectivity index (χ3v) is 15.8. The number of amides is 2. The summed E-state index contributed by atoms with van der Waals surface area (Å²) in [5.74, 6) is 3.21. The molecule has 14 nitrogen and oxygen atoms in total. The third kappa shape index (κ3) is 15.3. The van der Waals surface area contributed by atoms with Gasteiger partial charge in [0.2, 0.25) is 11.8 Å². The van der Waals surface area contributed by atoms with Crippen LogP contribution in [0.1, 0.15) is 126 Å². The van der Waals surface area contributed by atoms with Gasteiger partial charge in [0, 0.05) is 104 Å². The van der Waals surface area contributed by atoms with Crippen molar-refractivity contribution in [3.8, 4) is 11.3 Å². The van der Waals surface area contributed by atoms with E-state index in [1.807, 2.05) is 62.1 Å². The van der Waals surface area contributed by atoms with Gasteiger partial charge in [0.15, 0.2) is 0 Å². The molecule has 0 unspecified atom stereocenters. The van der Waals surface area contributed by atoms with Gasteiger partial charge in [-0.1, -0.05) is 97.9 Å². The number of fused-ring (bicyclic) bond motifs is 2. The number of imidazole rings is 2. The third-order valence-electron chi connectivity index (χ3n) is 15.8. The summed E-state index contributed by atoms with van der Waals surface area (Å²) in [6.45, 7) is 13.9. The molecule has 2 amide bonds. The molecule has 2 N–H and O–H groups in total. The first-order valence-corrected chi connectivity index (χ1v) is 29.4. The molecule has 7 aromatic rings. The van der Waals surface area contributed by atoms with Gasteiger partial charge in [0.25, 0.3) is 0 Å². The number of benzene rings is 4. The summed E-state index contributed by atoms with van der Waals surface area (Å²) in [5, 5.41) is 0. The molecule has 2 fully saturated rings.